The van der Waals surface area contributed by atoms with Crippen molar-refractivity contribution < 1.29 is 5.11 Å². The predicted molar refractivity (Wildman–Crippen MR) is 120 cm³/mol. The second-order valence-electron chi connectivity index (χ2n) is 8.39. The van der Waals surface area contributed by atoms with Gasteiger partial charge in [0.05, 0.1) is 35.7 Å². The Morgan fingerprint density at radius 2 is 2.00 bits per heavy atom. The maximum atomic E-state index is 9.93. The number of fused-ring (bicyclic) bond motifs is 1. The number of aliphatic hydroxyl groups excluding tert-OH is 1. The van der Waals surface area contributed by atoms with Gasteiger partial charge in [0.2, 0.25) is 0 Å². The third-order valence-electron chi connectivity index (χ3n) is 6.16. The van der Waals surface area contributed by atoms with Crippen LogP contribution in [0.15, 0.2) is 48.8 Å². The van der Waals surface area contributed by atoms with E-state index in [2.05, 4.69) is 36.9 Å². The summed E-state index contributed by atoms with van der Waals surface area (Å²) in [6.45, 7) is 5.46. The summed E-state index contributed by atoms with van der Waals surface area (Å²) >= 11 is 0. The number of aromatic nitrogens is 2. The number of nitrogens with zero attached hydrogens (tertiary/aromatic N) is 4. The van der Waals surface area contributed by atoms with Crippen molar-refractivity contribution in [2.45, 2.75) is 58.8 Å². The Morgan fingerprint density at radius 3 is 2.77 bits per heavy atom. The molecule has 0 saturated carbocycles. The molecule has 1 aromatic carbocycles. The third kappa shape index (κ3) is 4.66. The monoisotopic (exact) mass is 412 g/mol. The SMILES string of the molecule is Cc1cnc(CN(Cc2ccc(C#N)cc2CO)[C@@H]2CCCc3cccnc32)c(C)c1. The number of benzene rings is 1. The summed E-state index contributed by atoms with van der Waals surface area (Å²) in [5.41, 5.74) is 8.28. The van der Waals surface area contributed by atoms with Crippen LogP contribution in [0.2, 0.25) is 0 Å². The van der Waals surface area contributed by atoms with Crippen LogP contribution in [0.25, 0.3) is 0 Å². The van der Waals surface area contributed by atoms with Crippen LogP contribution in [0.1, 0.15) is 63.7 Å². The molecule has 0 amide bonds. The minimum absolute atomic E-state index is 0.0833. The van der Waals surface area contributed by atoms with E-state index in [1.54, 1.807) is 6.07 Å². The topological polar surface area (TPSA) is 73.0 Å². The standard InChI is InChI=1S/C26H28N4O/c1-18-11-19(2)24(29-14-18)16-30(15-22-9-8-20(13-27)12-23(22)17-31)25-7-3-5-21-6-4-10-28-26(21)25/h4,6,8-12,14,25,31H,3,5,7,15-17H2,1-2H3/t25-/m1/s1. The second kappa shape index (κ2) is 9.38. The average Bonchev–Trinajstić information content (AvgIpc) is 2.80. The fourth-order valence-corrected chi connectivity index (χ4v) is 4.53. The highest BCUT2D eigenvalue weighted by Crippen LogP contribution is 2.35. The van der Waals surface area contributed by atoms with E-state index < -0.39 is 0 Å². The number of hydrogen-bond acceptors (Lipinski definition) is 5. The van der Waals surface area contributed by atoms with Crippen molar-refractivity contribution in [3.63, 3.8) is 0 Å². The van der Waals surface area contributed by atoms with Crippen LogP contribution in [-0.4, -0.2) is 20.0 Å². The highest BCUT2D eigenvalue weighted by atomic mass is 16.3. The highest BCUT2D eigenvalue weighted by molar-refractivity contribution is 5.38. The molecule has 0 unspecified atom stereocenters. The lowest BCUT2D eigenvalue weighted by Gasteiger charge is -2.35. The van der Waals surface area contributed by atoms with Crippen LogP contribution in [0.4, 0.5) is 0 Å². The lowest BCUT2D eigenvalue weighted by Crippen LogP contribution is -2.32. The van der Waals surface area contributed by atoms with Gasteiger partial charge < -0.3 is 5.11 Å². The molecule has 1 aliphatic carbocycles. The Balaban J connectivity index is 1.72. The van der Waals surface area contributed by atoms with E-state index in [-0.39, 0.29) is 12.6 Å². The van der Waals surface area contributed by atoms with Crippen molar-refractivity contribution in [2.24, 2.45) is 0 Å². The molecule has 0 saturated heterocycles. The summed E-state index contributed by atoms with van der Waals surface area (Å²) in [5, 5.41) is 19.2. The summed E-state index contributed by atoms with van der Waals surface area (Å²) in [7, 11) is 0. The van der Waals surface area contributed by atoms with E-state index >= 15 is 0 Å². The molecule has 1 N–H and O–H groups in total. The van der Waals surface area contributed by atoms with Gasteiger partial charge in [0, 0.05) is 25.5 Å². The minimum atomic E-state index is -0.0833. The van der Waals surface area contributed by atoms with Crippen molar-refractivity contribution in [3.05, 3.63) is 93.6 Å². The number of aliphatic hydroxyl groups is 1. The summed E-state index contributed by atoms with van der Waals surface area (Å²) in [5.74, 6) is 0. The van der Waals surface area contributed by atoms with Crippen molar-refractivity contribution in [1.82, 2.24) is 14.9 Å². The van der Waals surface area contributed by atoms with E-state index in [0.717, 1.165) is 47.3 Å². The molecule has 0 fully saturated rings. The number of aryl methyl sites for hydroxylation is 3. The summed E-state index contributed by atoms with van der Waals surface area (Å²) in [6, 6.07) is 14.3. The van der Waals surface area contributed by atoms with Crippen molar-refractivity contribution in [1.29, 1.82) is 5.26 Å². The molecule has 5 nitrogen and oxygen atoms in total. The first-order valence-corrected chi connectivity index (χ1v) is 10.8. The van der Waals surface area contributed by atoms with Gasteiger partial charge >= 0.3 is 0 Å². The van der Waals surface area contributed by atoms with Gasteiger partial charge in [-0.2, -0.15) is 5.26 Å². The maximum Gasteiger partial charge on any atom is 0.0991 e. The van der Waals surface area contributed by atoms with Gasteiger partial charge in [-0.05, 0) is 79.1 Å². The fraction of sp³-hybridized carbons (Fsp3) is 0.346. The molecular formula is C26H28N4O. The van der Waals surface area contributed by atoms with Crippen LogP contribution < -0.4 is 0 Å². The molecule has 2 aromatic heterocycles. The van der Waals surface area contributed by atoms with Gasteiger partial charge in [0.1, 0.15) is 0 Å². The zero-order valence-corrected chi connectivity index (χ0v) is 18.2. The zero-order valence-electron chi connectivity index (χ0n) is 18.2. The highest BCUT2D eigenvalue weighted by Gasteiger charge is 2.28. The molecule has 1 aliphatic rings. The Kier molecular flexibility index (Phi) is 6.41. The molecule has 3 aromatic rings. The number of pyridine rings is 2. The van der Waals surface area contributed by atoms with Gasteiger partial charge in [0.25, 0.3) is 0 Å². The van der Waals surface area contributed by atoms with Gasteiger partial charge in [0.15, 0.2) is 0 Å². The quantitative estimate of drug-likeness (QED) is 0.644. The van der Waals surface area contributed by atoms with Gasteiger partial charge in [-0.15, -0.1) is 0 Å². The van der Waals surface area contributed by atoms with Crippen LogP contribution in [0.5, 0.6) is 0 Å². The van der Waals surface area contributed by atoms with Gasteiger partial charge in [-0.25, -0.2) is 0 Å². The average molecular weight is 413 g/mol. The number of rotatable bonds is 6. The summed E-state index contributed by atoms with van der Waals surface area (Å²) < 4.78 is 0. The molecular weight excluding hydrogens is 384 g/mol. The van der Waals surface area contributed by atoms with E-state index in [1.807, 2.05) is 30.6 Å². The van der Waals surface area contributed by atoms with Crippen LogP contribution in [-0.2, 0) is 26.1 Å². The van der Waals surface area contributed by atoms with Crippen LogP contribution >= 0.6 is 0 Å². The molecule has 0 spiro atoms. The Bertz CT molecular complexity index is 1120. The molecule has 1 atom stereocenters. The Labute approximate surface area is 184 Å². The van der Waals surface area contributed by atoms with Crippen molar-refractivity contribution >= 4 is 0 Å². The molecule has 0 radical (unpaired) electrons. The van der Waals surface area contributed by atoms with E-state index in [9.17, 15) is 10.4 Å². The zero-order chi connectivity index (χ0) is 21.8. The summed E-state index contributed by atoms with van der Waals surface area (Å²) in [4.78, 5) is 11.9. The fourth-order valence-electron chi connectivity index (χ4n) is 4.53. The second-order valence-corrected chi connectivity index (χ2v) is 8.39. The molecule has 31 heavy (non-hydrogen) atoms. The van der Waals surface area contributed by atoms with Crippen LogP contribution in [0, 0.1) is 25.2 Å². The maximum absolute atomic E-state index is 9.93. The van der Waals surface area contributed by atoms with E-state index in [0.29, 0.717) is 18.7 Å². The van der Waals surface area contributed by atoms with Crippen molar-refractivity contribution in [2.75, 3.05) is 0 Å². The minimum Gasteiger partial charge on any atom is -0.392 e. The smallest absolute Gasteiger partial charge is 0.0991 e. The Hall–Kier alpha value is -3.07. The molecule has 0 aliphatic heterocycles. The molecule has 0 bridgehead atoms. The molecule has 2 heterocycles. The molecule has 4 rings (SSSR count). The first-order valence-electron chi connectivity index (χ1n) is 10.8. The lowest BCUT2D eigenvalue weighted by atomic mass is 9.90. The first-order chi connectivity index (χ1) is 15.1. The largest absolute Gasteiger partial charge is 0.392 e. The van der Waals surface area contributed by atoms with Crippen molar-refractivity contribution in [3.8, 4) is 6.07 Å². The van der Waals surface area contributed by atoms with Gasteiger partial charge in [-0.3, -0.25) is 14.9 Å². The molecule has 158 valence electrons. The normalized spacial score (nSPS) is 15.5. The van der Waals surface area contributed by atoms with Crippen LogP contribution in [0.3, 0.4) is 0 Å². The molecule has 5 heteroatoms. The first kappa shape index (κ1) is 21.2. The third-order valence-corrected chi connectivity index (χ3v) is 6.16. The van der Waals surface area contributed by atoms with E-state index in [1.165, 1.54) is 11.1 Å². The van der Waals surface area contributed by atoms with Gasteiger partial charge in [-0.1, -0.05) is 18.2 Å². The predicted octanol–water partition coefficient (Wildman–Crippen LogP) is 4.54. The Morgan fingerprint density at radius 1 is 1.13 bits per heavy atom. The van der Waals surface area contributed by atoms with E-state index in [4.69, 9.17) is 9.97 Å². The number of hydrogen-bond donors (Lipinski definition) is 1. The lowest BCUT2D eigenvalue weighted by molar-refractivity contribution is 0.153. The number of nitriles is 1. The summed E-state index contributed by atoms with van der Waals surface area (Å²) in [6.07, 6.45) is 7.04.